The molecule has 0 aliphatic carbocycles. The molecular weight excluding hydrogens is 310 g/mol. The van der Waals surface area contributed by atoms with Gasteiger partial charge in [0.2, 0.25) is 0 Å². The molecule has 25 heavy (non-hydrogen) atoms. The van der Waals surface area contributed by atoms with Crippen LogP contribution in [0.4, 0.5) is 0 Å². The third-order valence-corrected chi connectivity index (χ3v) is 3.95. The van der Waals surface area contributed by atoms with Crippen molar-refractivity contribution in [3.8, 4) is 11.3 Å². The molecule has 0 saturated carbocycles. The van der Waals surface area contributed by atoms with Crippen molar-refractivity contribution in [2.75, 3.05) is 6.54 Å². The van der Waals surface area contributed by atoms with E-state index in [0.717, 1.165) is 23.4 Å². The maximum absolute atomic E-state index is 9.90. The topological polar surface area (TPSA) is 50.1 Å². The predicted molar refractivity (Wildman–Crippen MR) is 101 cm³/mol. The second kappa shape index (κ2) is 7.64. The van der Waals surface area contributed by atoms with E-state index in [9.17, 15) is 5.11 Å². The third-order valence-electron chi connectivity index (χ3n) is 3.95. The highest BCUT2D eigenvalue weighted by molar-refractivity contribution is 5.62. The van der Waals surface area contributed by atoms with Crippen LogP contribution in [0.3, 0.4) is 0 Å². The standard InChI is InChI=1S/C21H25N3O/c1-21(2,25)16-22-13-19-15-24(14-17-9-5-3-6-10-17)23-20(19)18-11-7-4-8-12-18/h3-12,15,22,25H,13-14,16H2,1-2H3. The smallest absolute Gasteiger partial charge is 0.0968 e. The van der Waals surface area contributed by atoms with Gasteiger partial charge in [0.1, 0.15) is 0 Å². The van der Waals surface area contributed by atoms with Gasteiger partial charge in [0.25, 0.3) is 0 Å². The molecule has 4 heteroatoms. The fourth-order valence-electron chi connectivity index (χ4n) is 2.79. The fourth-order valence-corrected chi connectivity index (χ4v) is 2.79. The predicted octanol–water partition coefficient (Wildman–Crippen LogP) is 3.46. The van der Waals surface area contributed by atoms with Gasteiger partial charge in [0.15, 0.2) is 0 Å². The molecule has 0 unspecified atom stereocenters. The Kier molecular flexibility index (Phi) is 5.31. The van der Waals surface area contributed by atoms with E-state index in [1.807, 2.05) is 41.1 Å². The van der Waals surface area contributed by atoms with Crippen LogP contribution in [0.5, 0.6) is 0 Å². The molecule has 1 heterocycles. The normalized spacial score (nSPS) is 11.6. The van der Waals surface area contributed by atoms with Gasteiger partial charge < -0.3 is 10.4 Å². The zero-order valence-corrected chi connectivity index (χ0v) is 14.8. The van der Waals surface area contributed by atoms with Crippen molar-refractivity contribution >= 4 is 0 Å². The van der Waals surface area contributed by atoms with Crippen molar-refractivity contribution in [1.82, 2.24) is 15.1 Å². The summed E-state index contributed by atoms with van der Waals surface area (Å²) < 4.78 is 1.98. The molecule has 0 amide bonds. The number of nitrogens with zero attached hydrogens (tertiary/aromatic N) is 2. The molecule has 1 aromatic heterocycles. The number of nitrogens with one attached hydrogen (secondary N) is 1. The summed E-state index contributed by atoms with van der Waals surface area (Å²) in [4.78, 5) is 0. The molecule has 130 valence electrons. The van der Waals surface area contributed by atoms with E-state index >= 15 is 0 Å². The summed E-state index contributed by atoms with van der Waals surface area (Å²) in [6.45, 7) is 5.55. The second-order valence-electron chi connectivity index (χ2n) is 6.97. The average molecular weight is 335 g/mol. The minimum absolute atomic E-state index is 0.533. The maximum Gasteiger partial charge on any atom is 0.0968 e. The van der Waals surface area contributed by atoms with Gasteiger partial charge in [-0.05, 0) is 19.4 Å². The lowest BCUT2D eigenvalue weighted by molar-refractivity contribution is 0.0795. The van der Waals surface area contributed by atoms with Crippen LogP contribution in [-0.2, 0) is 13.1 Å². The third kappa shape index (κ3) is 5.02. The number of aromatic nitrogens is 2. The van der Waals surface area contributed by atoms with Gasteiger partial charge in [-0.2, -0.15) is 5.10 Å². The molecule has 4 nitrogen and oxygen atoms in total. The number of benzene rings is 2. The highest BCUT2D eigenvalue weighted by atomic mass is 16.3. The zero-order chi connectivity index (χ0) is 17.7. The van der Waals surface area contributed by atoms with E-state index < -0.39 is 5.60 Å². The Morgan fingerprint density at radius 3 is 2.28 bits per heavy atom. The first kappa shape index (κ1) is 17.4. The van der Waals surface area contributed by atoms with Crippen LogP contribution in [0.15, 0.2) is 66.9 Å². The molecule has 0 saturated heterocycles. The number of hydrogen-bond acceptors (Lipinski definition) is 3. The van der Waals surface area contributed by atoms with Crippen LogP contribution in [-0.4, -0.2) is 27.0 Å². The second-order valence-corrected chi connectivity index (χ2v) is 6.97. The quantitative estimate of drug-likeness (QED) is 0.695. The summed E-state index contributed by atoms with van der Waals surface area (Å²) in [5.41, 5.74) is 3.72. The van der Waals surface area contributed by atoms with E-state index in [0.29, 0.717) is 13.1 Å². The summed E-state index contributed by atoms with van der Waals surface area (Å²) in [5, 5.41) is 18.0. The molecule has 0 atom stereocenters. The Balaban J connectivity index is 1.83. The SMILES string of the molecule is CC(C)(O)CNCc1cn(Cc2ccccc2)nc1-c1ccccc1. The van der Waals surface area contributed by atoms with E-state index in [4.69, 9.17) is 5.10 Å². The molecule has 2 N–H and O–H groups in total. The molecule has 0 radical (unpaired) electrons. The lowest BCUT2D eigenvalue weighted by Gasteiger charge is -2.17. The summed E-state index contributed by atoms with van der Waals surface area (Å²) in [5.74, 6) is 0. The molecule has 0 aliphatic rings. The average Bonchev–Trinajstić information content (AvgIpc) is 2.98. The van der Waals surface area contributed by atoms with Gasteiger partial charge in [0.05, 0.1) is 17.8 Å². The largest absolute Gasteiger partial charge is 0.389 e. The maximum atomic E-state index is 9.90. The van der Waals surface area contributed by atoms with Gasteiger partial charge in [-0.25, -0.2) is 0 Å². The summed E-state index contributed by atoms with van der Waals surface area (Å²) in [6, 6.07) is 20.5. The summed E-state index contributed by atoms with van der Waals surface area (Å²) in [7, 11) is 0. The molecule has 3 aromatic rings. The van der Waals surface area contributed by atoms with Crippen molar-refractivity contribution in [2.24, 2.45) is 0 Å². The Hall–Kier alpha value is -2.43. The highest BCUT2D eigenvalue weighted by Crippen LogP contribution is 2.22. The van der Waals surface area contributed by atoms with E-state index in [1.165, 1.54) is 5.56 Å². The first-order valence-corrected chi connectivity index (χ1v) is 8.60. The Morgan fingerprint density at radius 1 is 1.00 bits per heavy atom. The van der Waals surface area contributed by atoms with E-state index in [2.05, 4.69) is 35.8 Å². The zero-order valence-electron chi connectivity index (χ0n) is 14.8. The van der Waals surface area contributed by atoms with Crippen LogP contribution >= 0.6 is 0 Å². The summed E-state index contributed by atoms with van der Waals surface area (Å²) in [6.07, 6.45) is 2.09. The van der Waals surface area contributed by atoms with Crippen LogP contribution in [0.2, 0.25) is 0 Å². The lowest BCUT2D eigenvalue weighted by Crippen LogP contribution is -2.34. The van der Waals surface area contributed by atoms with E-state index in [-0.39, 0.29) is 0 Å². The van der Waals surface area contributed by atoms with Gasteiger partial charge in [0, 0.05) is 30.4 Å². The minimum atomic E-state index is -0.729. The summed E-state index contributed by atoms with van der Waals surface area (Å²) >= 11 is 0. The van der Waals surface area contributed by atoms with Crippen molar-refractivity contribution in [2.45, 2.75) is 32.5 Å². The molecule has 2 aromatic carbocycles. The van der Waals surface area contributed by atoms with Crippen molar-refractivity contribution < 1.29 is 5.11 Å². The van der Waals surface area contributed by atoms with Crippen LogP contribution in [0, 0.1) is 0 Å². The molecular formula is C21H25N3O. The number of aliphatic hydroxyl groups is 1. The lowest BCUT2D eigenvalue weighted by atomic mass is 10.1. The van der Waals surface area contributed by atoms with Crippen molar-refractivity contribution in [3.63, 3.8) is 0 Å². The van der Waals surface area contributed by atoms with E-state index in [1.54, 1.807) is 13.8 Å². The Bertz CT molecular complexity index is 789. The molecule has 3 rings (SSSR count). The minimum Gasteiger partial charge on any atom is -0.389 e. The van der Waals surface area contributed by atoms with Crippen LogP contribution in [0.1, 0.15) is 25.0 Å². The first-order valence-electron chi connectivity index (χ1n) is 8.60. The van der Waals surface area contributed by atoms with Gasteiger partial charge in [-0.3, -0.25) is 4.68 Å². The fraction of sp³-hybridized carbons (Fsp3) is 0.286. The van der Waals surface area contributed by atoms with Gasteiger partial charge in [-0.15, -0.1) is 0 Å². The van der Waals surface area contributed by atoms with Gasteiger partial charge in [-0.1, -0.05) is 60.7 Å². The van der Waals surface area contributed by atoms with Crippen molar-refractivity contribution in [3.05, 3.63) is 78.0 Å². The Labute approximate surface area is 149 Å². The molecule has 0 spiro atoms. The van der Waals surface area contributed by atoms with Crippen LogP contribution < -0.4 is 5.32 Å². The number of hydrogen-bond donors (Lipinski definition) is 2. The van der Waals surface area contributed by atoms with Gasteiger partial charge >= 0.3 is 0 Å². The van der Waals surface area contributed by atoms with Crippen molar-refractivity contribution in [1.29, 1.82) is 0 Å². The van der Waals surface area contributed by atoms with Crippen LogP contribution in [0.25, 0.3) is 11.3 Å². The molecule has 0 fully saturated rings. The monoisotopic (exact) mass is 335 g/mol. The highest BCUT2D eigenvalue weighted by Gasteiger charge is 2.14. The molecule has 0 bridgehead atoms. The molecule has 0 aliphatic heterocycles. The number of rotatable bonds is 7. The first-order chi connectivity index (χ1) is 12.0. The Morgan fingerprint density at radius 2 is 1.64 bits per heavy atom.